The highest BCUT2D eigenvalue weighted by atomic mass is 32.1. The largest absolute Gasteiger partial charge is 0.323 e. The van der Waals surface area contributed by atoms with E-state index in [9.17, 15) is 4.79 Å². The Kier molecular flexibility index (Phi) is 3.55. The van der Waals surface area contributed by atoms with Crippen LogP contribution in [0.1, 0.15) is 15.9 Å². The second-order valence-electron chi connectivity index (χ2n) is 4.68. The van der Waals surface area contributed by atoms with Crippen molar-refractivity contribution >= 4 is 38.8 Å². The number of nitrogen functional groups attached to an aromatic ring is 1. The lowest BCUT2D eigenvalue weighted by Gasteiger charge is -2.10. The third-order valence-corrected chi connectivity index (χ3v) is 3.96. The number of benzene rings is 2. The third-order valence-electron chi connectivity index (χ3n) is 3.16. The molecule has 1 heterocycles. The minimum Gasteiger partial charge on any atom is -0.323 e. The van der Waals surface area contributed by atoms with E-state index >= 15 is 0 Å². The fourth-order valence-electron chi connectivity index (χ4n) is 2.11. The van der Waals surface area contributed by atoms with E-state index in [1.165, 1.54) is 11.3 Å². The topological polar surface area (TPSA) is 80.0 Å². The van der Waals surface area contributed by atoms with Gasteiger partial charge in [0.25, 0.3) is 5.91 Å². The number of fused-ring (bicyclic) bond motifs is 1. The Hall–Kier alpha value is -2.44. The summed E-state index contributed by atoms with van der Waals surface area (Å²) in [6, 6.07) is 11.1. The first kappa shape index (κ1) is 13.5. The summed E-state index contributed by atoms with van der Waals surface area (Å²) in [5.74, 6) is 5.27. The molecule has 0 bridgehead atoms. The van der Waals surface area contributed by atoms with Gasteiger partial charge in [0.05, 0.1) is 27.0 Å². The van der Waals surface area contributed by atoms with Crippen molar-refractivity contribution < 1.29 is 4.79 Å². The highest BCUT2D eigenvalue weighted by molar-refractivity contribution is 7.16. The summed E-state index contributed by atoms with van der Waals surface area (Å²) < 4.78 is 1.04. The van der Waals surface area contributed by atoms with Crippen molar-refractivity contribution in [2.75, 3.05) is 10.7 Å². The Bertz CT molecular complexity index is 812. The molecule has 1 aromatic heterocycles. The molecule has 106 valence electrons. The van der Waals surface area contributed by atoms with Gasteiger partial charge in [-0.3, -0.25) is 10.6 Å². The number of nitrogens with one attached hydrogen (secondary N) is 2. The number of nitrogens with two attached hydrogens (primary N) is 1. The number of carbonyl (C=O) groups excluding carboxylic acids is 1. The van der Waals surface area contributed by atoms with Crippen molar-refractivity contribution in [3.05, 3.63) is 53.0 Å². The number of aromatic nitrogens is 1. The molecule has 4 N–H and O–H groups in total. The average molecular weight is 298 g/mol. The van der Waals surface area contributed by atoms with Gasteiger partial charge >= 0.3 is 0 Å². The molecular weight excluding hydrogens is 284 g/mol. The van der Waals surface area contributed by atoms with Gasteiger partial charge in [-0.15, -0.1) is 11.3 Å². The Morgan fingerprint density at radius 1 is 1.24 bits per heavy atom. The van der Waals surface area contributed by atoms with Crippen molar-refractivity contribution in [3.8, 4) is 0 Å². The molecule has 3 rings (SSSR count). The van der Waals surface area contributed by atoms with E-state index in [1.54, 1.807) is 11.6 Å². The summed E-state index contributed by atoms with van der Waals surface area (Å²) in [4.78, 5) is 16.6. The van der Waals surface area contributed by atoms with E-state index in [0.29, 0.717) is 11.3 Å². The van der Waals surface area contributed by atoms with Crippen molar-refractivity contribution in [2.24, 2.45) is 5.84 Å². The summed E-state index contributed by atoms with van der Waals surface area (Å²) in [6.07, 6.45) is 0. The second-order valence-corrected chi connectivity index (χ2v) is 5.57. The molecule has 2 aromatic carbocycles. The number of anilines is 2. The van der Waals surface area contributed by atoms with Gasteiger partial charge < -0.3 is 10.7 Å². The molecule has 0 aliphatic carbocycles. The molecule has 0 saturated carbocycles. The first-order chi connectivity index (χ1) is 10.2. The van der Waals surface area contributed by atoms with Crippen molar-refractivity contribution in [1.82, 2.24) is 4.98 Å². The van der Waals surface area contributed by atoms with Crippen LogP contribution in [-0.4, -0.2) is 10.9 Å². The van der Waals surface area contributed by atoms with Gasteiger partial charge in [0.2, 0.25) is 0 Å². The van der Waals surface area contributed by atoms with E-state index in [-0.39, 0.29) is 5.91 Å². The summed E-state index contributed by atoms with van der Waals surface area (Å²) in [7, 11) is 0. The predicted molar refractivity (Wildman–Crippen MR) is 86.6 cm³/mol. The molecule has 21 heavy (non-hydrogen) atoms. The van der Waals surface area contributed by atoms with Gasteiger partial charge in [-0.05, 0) is 42.8 Å². The second kappa shape index (κ2) is 5.51. The van der Waals surface area contributed by atoms with Gasteiger partial charge in [-0.25, -0.2) is 4.98 Å². The first-order valence-corrected chi connectivity index (χ1v) is 7.27. The monoisotopic (exact) mass is 298 g/mol. The lowest BCUT2D eigenvalue weighted by Crippen LogP contribution is -2.17. The Labute approximate surface area is 125 Å². The summed E-state index contributed by atoms with van der Waals surface area (Å²) in [5, 5.41) is 2.88. The minimum absolute atomic E-state index is 0.202. The highest BCUT2D eigenvalue weighted by Gasteiger charge is 2.11. The van der Waals surface area contributed by atoms with Gasteiger partial charge in [0, 0.05) is 5.69 Å². The van der Waals surface area contributed by atoms with Crippen LogP contribution in [0.25, 0.3) is 10.2 Å². The predicted octanol–water partition coefficient (Wildman–Crippen LogP) is 3.14. The summed E-state index contributed by atoms with van der Waals surface area (Å²) in [6.45, 7) is 1.94. The zero-order valence-corrected chi connectivity index (χ0v) is 12.2. The van der Waals surface area contributed by atoms with Crippen LogP contribution in [0.3, 0.4) is 0 Å². The van der Waals surface area contributed by atoms with Crippen LogP contribution in [0.4, 0.5) is 11.4 Å². The maximum atomic E-state index is 12.4. The molecule has 3 aromatic rings. The summed E-state index contributed by atoms with van der Waals surface area (Å²) in [5.41, 5.74) is 8.15. The minimum atomic E-state index is -0.202. The van der Waals surface area contributed by atoms with Crippen LogP contribution < -0.4 is 16.6 Å². The van der Waals surface area contributed by atoms with Crippen LogP contribution in [0.15, 0.2) is 41.9 Å². The molecule has 0 saturated heterocycles. The quantitative estimate of drug-likeness (QED) is 0.512. The fourth-order valence-corrected chi connectivity index (χ4v) is 2.82. The number of nitrogens with zero attached hydrogens (tertiary/aromatic N) is 1. The molecular formula is C15H14N4OS. The fraction of sp³-hybridized carbons (Fsp3) is 0.0667. The number of amides is 1. The number of hydrogen-bond donors (Lipinski definition) is 3. The van der Waals surface area contributed by atoms with Gasteiger partial charge in [0.15, 0.2) is 0 Å². The van der Waals surface area contributed by atoms with Crippen LogP contribution in [0.5, 0.6) is 0 Å². The molecule has 5 nitrogen and oxygen atoms in total. The van der Waals surface area contributed by atoms with Gasteiger partial charge in [-0.1, -0.05) is 6.07 Å². The van der Waals surface area contributed by atoms with Crippen molar-refractivity contribution in [3.63, 3.8) is 0 Å². The van der Waals surface area contributed by atoms with Crippen LogP contribution >= 0.6 is 11.3 Å². The molecule has 0 aliphatic heterocycles. The molecule has 0 aliphatic rings. The smallest absolute Gasteiger partial charge is 0.257 e. The van der Waals surface area contributed by atoms with Crippen LogP contribution in [0.2, 0.25) is 0 Å². The molecule has 6 heteroatoms. The maximum absolute atomic E-state index is 12.4. The molecule has 1 amide bonds. The summed E-state index contributed by atoms with van der Waals surface area (Å²) >= 11 is 1.54. The number of hydrazine groups is 1. The normalized spacial score (nSPS) is 10.6. The number of rotatable bonds is 3. The van der Waals surface area contributed by atoms with Crippen LogP contribution in [-0.2, 0) is 0 Å². The lowest BCUT2D eigenvalue weighted by molar-refractivity contribution is 0.102. The molecule has 0 fully saturated rings. The Morgan fingerprint density at radius 3 is 2.90 bits per heavy atom. The number of hydrogen-bond acceptors (Lipinski definition) is 5. The third kappa shape index (κ3) is 2.72. The zero-order valence-electron chi connectivity index (χ0n) is 11.4. The standard InChI is InChI=1S/C15H14N4OS/c1-9-2-4-11(13(6-9)19-16)15(20)18-10-3-5-12-14(7-10)21-8-17-12/h2-8,19H,16H2,1H3,(H,18,20). The van der Waals surface area contributed by atoms with Crippen molar-refractivity contribution in [1.29, 1.82) is 0 Å². The van der Waals surface area contributed by atoms with E-state index in [1.807, 2.05) is 37.3 Å². The van der Waals surface area contributed by atoms with Gasteiger partial charge in [0.1, 0.15) is 0 Å². The molecule has 0 atom stereocenters. The van der Waals surface area contributed by atoms with E-state index < -0.39 is 0 Å². The van der Waals surface area contributed by atoms with Crippen LogP contribution in [0, 0.1) is 6.92 Å². The van der Waals surface area contributed by atoms with E-state index in [2.05, 4.69) is 15.7 Å². The number of carbonyl (C=O) groups is 1. The van der Waals surface area contributed by atoms with Crippen molar-refractivity contribution in [2.45, 2.75) is 6.92 Å². The van der Waals surface area contributed by atoms with E-state index in [0.717, 1.165) is 21.5 Å². The Balaban J connectivity index is 1.88. The lowest BCUT2D eigenvalue weighted by atomic mass is 10.1. The zero-order chi connectivity index (χ0) is 14.8. The van der Waals surface area contributed by atoms with E-state index in [4.69, 9.17) is 5.84 Å². The molecule has 0 spiro atoms. The SMILES string of the molecule is Cc1ccc(C(=O)Nc2ccc3ncsc3c2)c(NN)c1. The molecule has 0 radical (unpaired) electrons. The average Bonchev–Trinajstić information content (AvgIpc) is 2.94. The van der Waals surface area contributed by atoms with Gasteiger partial charge in [-0.2, -0.15) is 0 Å². The first-order valence-electron chi connectivity index (χ1n) is 6.39. The molecule has 0 unspecified atom stereocenters. The Morgan fingerprint density at radius 2 is 2.10 bits per heavy atom. The highest BCUT2D eigenvalue weighted by Crippen LogP contribution is 2.23. The maximum Gasteiger partial charge on any atom is 0.257 e. The number of aryl methyl sites for hydroxylation is 1. The number of thiazole rings is 1.